The minimum atomic E-state index is -0.326. The summed E-state index contributed by atoms with van der Waals surface area (Å²) >= 11 is 1.73. The van der Waals surface area contributed by atoms with E-state index in [4.69, 9.17) is 10.5 Å². The molecular formula is C8H19NO2S. The minimum Gasteiger partial charge on any atom is -0.390 e. The summed E-state index contributed by atoms with van der Waals surface area (Å²) in [6, 6.07) is 0. The first-order valence-corrected chi connectivity index (χ1v) is 5.50. The molecule has 74 valence electrons. The van der Waals surface area contributed by atoms with Crippen molar-refractivity contribution in [1.82, 2.24) is 0 Å². The quantitative estimate of drug-likeness (QED) is 0.550. The van der Waals surface area contributed by atoms with Gasteiger partial charge in [-0.25, -0.2) is 0 Å². The van der Waals surface area contributed by atoms with Gasteiger partial charge in [0, 0.05) is 12.4 Å². The Morgan fingerprint density at radius 3 is 2.92 bits per heavy atom. The summed E-state index contributed by atoms with van der Waals surface area (Å²) in [6.07, 6.45) is 0.694. The average Bonchev–Trinajstić information content (AvgIpc) is 2.09. The molecular weight excluding hydrogens is 174 g/mol. The van der Waals surface area contributed by atoms with Gasteiger partial charge in [-0.15, -0.1) is 0 Å². The number of hydrogen-bond donors (Lipinski definition) is 2. The Hall–Kier alpha value is 0.230. The van der Waals surface area contributed by atoms with Gasteiger partial charge in [0.1, 0.15) is 0 Å². The highest BCUT2D eigenvalue weighted by Crippen LogP contribution is 2.04. The van der Waals surface area contributed by atoms with Crippen molar-refractivity contribution in [2.24, 2.45) is 5.73 Å². The first-order valence-electron chi connectivity index (χ1n) is 4.34. The smallest absolute Gasteiger partial charge is 0.0863 e. The second kappa shape index (κ2) is 9.32. The lowest BCUT2D eigenvalue weighted by Gasteiger charge is -2.09. The Kier molecular flexibility index (Phi) is 9.50. The number of aliphatic hydroxyl groups is 1. The Morgan fingerprint density at radius 1 is 1.58 bits per heavy atom. The number of ether oxygens (including phenoxy) is 1. The standard InChI is InChI=1S/C8H19NO2S/c1-2-11-6-8(10)7-12-5-3-4-9/h8,10H,2-7,9H2,1H3. The molecule has 0 saturated heterocycles. The van der Waals surface area contributed by atoms with Gasteiger partial charge in [-0.1, -0.05) is 0 Å². The van der Waals surface area contributed by atoms with Gasteiger partial charge in [0.05, 0.1) is 12.7 Å². The zero-order chi connectivity index (χ0) is 9.23. The van der Waals surface area contributed by atoms with E-state index < -0.39 is 0 Å². The van der Waals surface area contributed by atoms with Crippen LogP contribution >= 0.6 is 11.8 Å². The molecule has 0 aliphatic carbocycles. The van der Waals surface area contributed by atoms with Crippen molar-refractivity contribution < 1.29 is 9.84 Å². The number of hydrogen-bond acceptors (Lipinski definition) is 4. The molecule has 0 aliphatic rings. The molecule has 3 N–H and O–H groups in total. The summed E-state index contributed by atoms with van der Waals surface area (Å²) in [7, 11) is 0. The van der Waals surface area contributed by atoms with E-state index in [-0.39, 0.29) is 6.10 Å². The fraction of sp³-hybridized carbons (Fsp3) is 1.00. The van der Waals surface area contributed by atoms with Gasteiger partial charge in [-0.2, -0.15) is 11.8 Å². The maximum Gasteiger partial charge on any atom is 0.0863 e. The molecule has 0 rings (SSSR count). The van der Waals surface area contributed by atoms with Crippen molar-refractivity contribution in [2.45, 2.75) is 19.4 Å². The van der Waals surface area contributed by atoms with Crippen molar-refractivity contribution in [1.29, 1.82) is 0 Å². The Labute approximate surface area is 78.7 Å². The Balaban J connectivity index is 3.02. The minimum absolute atomic E-state index is 0.326. The highest BCUT2D eigenvalue weighted by atomic mass is 32.2. The molecule has 0 saturated carbocycles. The molecule has 0 aromatic rings. The molecule has 0 fully saturated rings. The van der Waals surface area contributed by atoms with Crippen LogP contribution in [0, 0.1) is 0 Å². The molecule has 0 spiro atoms. The summed E-state index contributed by atoms with van der Waals surface area (Å²) in [6.45, 7) is 3.78. The highest BCUT2D eigenvalue weighted by molar-refractivity contribution is 7.99. The second-order valence-electron chi connectivity index (χ2n) is 2.53. The molecule has 0 heterocycles. The fourth-order valence-electron chi connectivity index (χ4n) is 0.707. The van der Waals surface area contributed by atoms with Crippen LogP contribution in [0.4, 0.5) is 0 Å². The predicted octanol–water partition coefficient (Wildman–Crippen LogP) is 0.466. The van der Waals surface area contributed by atoms with Crippen LogP contribution in [0.25, 0.3) is 0 Å². The molecule has 0 aliphatic heterocycles. The van der Waals surface area contributed by atoms with Crippen LogP contribution in [0.3, 0.4) is 0 Å². The summed E-state index contributed by atoms with van der Waals surface area (Å²) in [5, 5.41) is 9.30. The first-order chi connectivity index (χ1) is 5.81. The molecule has 3 nitrogen and oxygen atoms in total. The van der Waals surface area contributed by atoms with Crippen molar-refractivity contribution >= 4 is 11.8 Å². The second-order valence-corrected chi connectivity index (χ2v) is 3.68. The maximum atomic E-state index is 9.30. The van der Waals surface area contributed by atoms with Crippen LogP contribution < -0.4 is 5.73 Å². The van der Waals surface area contributed by atoms with Crippen LogP contribution in [0.1, 0.15) is 13.3 Å². The lowest BCUT2D eigenvalue weighted by Crippen LogP contribution is -2.18. The molecule has 12 heavy (non-hydrogen) atoms. The monoisotopic (exact) mass is 193 g/mol. The van der Waals surface area contributed by atoms with Crippen molar-refractivity contribution in [3.8, 4) is 0 Å². The summed E-state index contributed by atoms with van der Waals surface area (Å²) in [5.74, 6) is 1.78. The first kappa shape index (κ1) is 12.2. The third-order valence-corrected chi connectivity index (χ3v) is 2.52. The number of thioether (sulfide) groups is 1. The molecule has 0 radical (unpaired) electrons. The highest BCUT2D eigenvalue weighted by Gasteiger charge is 2.02. The molecule has 1 atom stereocenters. The molecule has 4 heteroatoms. The lowest BCUT2D eigenvalue weighted by atomic mass is 10.4. The van der Waals surface area contributed by atoms with E-state index in [1.165, 1.54) is 0 Å². The van der Waals surface area contributed by atoms with E-state index in [0.717, 1.165) is 24.5 Å². The zero-order valence-corrected chi connectivity index (χ0v) is 8.48. The van der Waals surface area contributed by atoms with Crippen molar-refractivity contribution in [3.05, 3.63) is 0 Å². The number of nitrogens with two attached hydrogens (primary N) is 1. The predicted molar refractivity (Wildman–Crippen MR) is 53.5 cm³/mol. The van der Waals surface area contributed by atoms with Crippen molar-refractivity contribution in [2.75, 3.05) is 31.3 Å². The van der Waals surface area contributed by atoms with Gasteiger partial charge in [0.25, 0.3) is 0 Å². The largest absolute Gasteiger partial charge is 0.390 e. The van der Waals surface area contributed by atoms with Gasteiger partial charge in [0.15, 0.2) is 0 Å². The zero-order valence-electron chi connectivity index (χ0n) is 7.66. The van der Waals surface area contributed by atoms with Gasteiger partial charge in [0.2, 0.25) is 0 Å². The normalized spacial score (nSPS) is 13.2. The van der Waals surface area contributed by atoms with Crippen LogP contribution in [0.2, 0.25) is 0 Å². The molecule has 0 aromatic carbocycles. The van der Waals surface area contributed by atoms with E-state index in [0.29, 0.717) is 13.2 Å². The number of rotatable bonds is 8. The van der Waals surface area contributed by atoms with Gasteiger partial charge in [-0.3, -0.25) is 0 Å². The molecule has 0 amide bonds. The van der Waals surface area contributed by atoms with E-state index >= 15 is 0 Å². The third kappa shape index (κ3) is 8.33. The molecule has 1 unspecified atom stereocenters. The summed E-state index contributed by atoms with van der Waals surface area (Å²) in [5.41, 5.74) is 5.33. The Morgan fingerprint density at radius 2 is 2.33 bits per heavy atom. The Bertz CT molecular complexity index is 93.1. The molecule has 0 aromatic heterocycles. The van der Waals surface area contributed by atoms with E-state index in [1.807, 2.05) is 6.92 Å². The SMILES string of the molecule is CCOCC(O)CSCCCN. The van der Waals surface area contributed by atoms with Gasteiger partial charge >= 0.3 is 0 Å². The van der Waals surface area contributed by atoms with Crippen LogP contribution in [0.15, 0.2) is 0 Å². The van der Waals surface area contributed by atoms with Crippen LogP contribution in [-0.2, 0) is 4.74 Å². The third-order valence-electron chi connectivity index (χ3n) is 1.32. The van der Waals surface area contributed by atoms with E-state index in [9.17, 15) is 5.11 Å². The van der Waals surface area contributed by atoms with Gasteiger partial charge in [-0.05, 0) is 25.6 Å². The van der Waals surface area contributed by atoms with E-state index in [1.54, 1.807) is 11.8 Å². The number of aliphatic hydroxyl groups excluding tert-OH is 1. The topological polar surface area (TPSA) is 55.5 Å². The average molecular weight is 193 g/mol. The molecule has 0 bridgehead atoms. The maximum absolute atomic E-state index is 9.30. The summed E-state index contributed by atoms with van der Waals surface area (Å²) in [4.78, 5) is 0. The van der Waals surface area contributed by atoms with Crippen LogP contribution in [0.5, 0.6) is 0 Å². The van der Waals surface area contributed by atoms with Crippen LogP contribution in [-0.4, -0.2) is 42.5 Å². The lowest BCUT2D eigenvalue weighted by molar-refractivity contribution is 0.0551. The van der Waals surface area contributed by atoms with Crippen molar-refractivity contribution in [3.63, 3.8) is 0 Å². The fourth-order valence-corrected chi connectivity index (χ4v) is 1.61. The van der Waals surface area contributed by atoms with Gasteiger partial charge < -0.3 is 15.6 Å². The van der Waals surface area contributed by atoms with E-state index in [2.05, 4.69) is 0 Å². The summed E-state index contributed by atoms with van der Waals surface area (Å²) < 4.78 is 5.06.